The number of carbonyl (C=O) groups is 1. The number of halogens is 2. The quantitative estimate of drug-likeness (QED) is 0.621. The lowest BCUT2D eigenvalue weighted by Crippen LogP contribution is -2.40. The van der Waals surface area contributed by atoms with Crippen molar-refractivity contribution in [1.82, 2.24) is 9.13 Å². The summed E-state index contributed by atoms with van der Waals surface area (Å²) < 4.78 is 27.0. The van der Waals surface area contributed by atoms with Crippen LogP contribution in [0.3, 0.4) is 0 Å². The van der Waals surface area contributed by atoms with Crippen molar-refractivity contribution in [3.05, 3.63) is 60.0 Å². The summed E-state index contributed by atoms with van der Waals surface area (Å²) in [6.45, 7) is -0.416. The molecule has 148 valence electrons. The first-order valence-electron chi connectivity index (χ1n) is 7.67. The molecule has 0 saturated heterocycles. The molecule has 0 fully saturated rings. The van der Waals surface area contributed by atoms with Crippen LogP contribution in [-0.2, 0) is 23.4 Å². The summed E-state index contributed by atoms with van der Waals surface area (Å²) >= 11 is 12.5. The Morgan fingerprint density at radius 1 is 1.21 bits per heavy atom. The zero-order valence-corrected chi connectivity index (χ0v) is 17.3. The third-order valence-corrected chi connectivity index (χ3v) is 7.64. The zero-order valence-electron chi connectivity index (χ0n) is 14.2. The van der Waals surface area contributed by atoms with Crippen LogP contribution in [0.1, 0.15) is 9.67 Å². The number of aryl methyl sites for hydroxylation is 1. The van der Waals surface area contributed by atoms with Gasteiger partial charge in [0, 0.05) is 18.6 Å². The van der Waals surface area contributed by atoms with Crippen LogP contribution in [0.4, 0.5) is 0 Å². The van der Waals surface area contributed by atoms with E-state index in [1.54, 1.807) is 0 Å². The van der Waals surface area contributed by atoms with Gasteiger partial charge in [0.25, 0.3) is 5.56 Å². The van der Waals surface area contributed by atoms with Crippen molar-refractivity contribution in [1.29, 1.82) is 0 Å². The lowest BCUT2D eigenvalue weighted by atomic mass is 10.3. The van der Waals surface area contributed by atoms with Crippen molar-refractivity contribution in [2.75, 3.05) is 5.75 Å². The van der Waals surface area contributed by atoms with Crippen molar-refractivity contribution >= 4 is 60.6 Å². The zero-order chi connectivity index (χ0) is 20.8. The van der Waals surface area contributed by atoms with Gasteiger partial charge in [0.2, 0.25) is 0 Å². The van der Waals surface area contributed by atoms with Crippen LogP contribution in [0, 0.1) is 0 Å². The number of nitrogens with zero attached hydrogens (tertiary/aromatic N) is 2. The Balaban J connectivity index is 2.04. The van der Waals surface area contributed by atoms with Gasteiger partial charge < -0.3 is 5.11 Å². The normalized spacial score (nSPS) is 11.8. The van der Waals surface area contributed by atoms with Gasteiger partial charge in [0.05, 0.1) is 21.1 Å². The highest BCUT2D eigenvalue weighted by Crippen LogP contribution is 2.26. The number of aromatic carboxylic acids is 1. The monoisotopic (exact) mass is 462 g/mol. The maximum atomic E-state index is 12.6. The van der Waals surface area contributed by atoms with Gasteiger partial charge in [-0.1, -0.05) is 23.2 Å². The van der Waals surface area contributed by atoms with Gasteiger partial charge in [-0.25, -0.2) is 18.0 Å². The molecule has 0 radical (unpaired) electrons. The molecule has 0 saturated carbocycles. The van der Waals surface area contributed by atoms with Crippen molar-refractivity contribution < 1.29 is 18.3 Å². The highest BCUT2D eigenvalue weighted by molar-refractivity contribution is 7.91. The van der Waals surface area contributed by atoms with E-state index in [-0.39, 0.29) is 30.0 Å². The number of hydrogen-bond acceptors (Lipinski definition) is 6. The lowest BCUT2D eigenvalue weighted by molar-refractivity contribution is 0.0702. The number of carboxylic acids is 1. The van der Waals surface area contributed by atoms with E-state index in [1.807, 2.05) is 0 Å². The fraction of sp³-hybridized carbons (Fsp3) is 0.188. The molecule has 0 spiro atoms. The first-order chi connectivity index (χ1) is 13.0. The molecule has 0 bridgehead atoms. The summed E-state index contributed by atoms with van der Waals surface area (Å²) in [6, 6.07) is 5.08. The summed E-state index contributed by atoms with van der Waals surface area (Å²) in [6.07, 6.45) is 0. The fourth-order valence-electron chi connectivity index (χ4n) is 2.64. The van der Waals surface area contributed by atoms with Crippen LogP contribution in [0.5, 0.6) is 0 Å². The molecule has 0 aliphatic heterocycles. The third-order valence-electron chi connectivity index (χ3n) is 4.03. The number of rotatable bonds is 5. The molecule has 12 heteroatoms. The molecule has 2 heterocycles. The smallest absolute Gasteiger partial charge is 0.345 e. The van der Waals surface area contributed by atoms with E-state index < -0.39 is 39.4 Å². The average Bonchev–Trinajstić information content (AvgIpc) is 3.05. The number of sulfone groups is 1. The molecule has 0 unspecified atom stereocenters. The van der Waals surface area contributed by atoms with Gasteiger partial charge in [-0.2, -0.15) is 0 Å². The van der Waals surface area contributed by atoms with Gasteiger partial charge in [-0.3, -0.25) is 13.9 Å². The molecular formula is C16H12Cl2N2O6S2. The second-order valence-electron chi connectivity index (χ2n) is 5.83. The van der Waals surface area contributed by atoms with Crippen molar-refractivity contribution in [2.24, 2.45) is 7.05 Å². The van der Waals surface area contributed by atoms with E-state index in [9.17, 15) is 22.8 Å². The Labute approximate surface area is 172 Å². The fourth-order valence-corrected chi connectivity index (χ4v) is 5.61. The van der Waals surface area contributed by atoms with E-state index in [1.165, 1.54) is 31.3 Å². The molecule has 0 aliphatic carbocycles. The minimum Gasteiger partial charge on any atom is -0.477 e. The Kier molecular flexibility index (Phi) is 5.41. The molecule has 8 nitrogen and oxygen atoms in total. The first-order valence-corrected chi connectivity index (χ1v) is 10.9. The van der Waals surface area contributed by atoms with Gasteiger partial charge in [0.15, 0.2) is 9.84 Å². The standard InChI is InChI=1S/C16H12Cl2N2O6S2/c1-19-14-9(7-11(27-14)15(22)23)13(21)20(16(19)24)4-5-28(25,26)12-3-2-8(17)6-10(12)18/h2-3,6-7H,4-5H2,1H3,(H,22,23). The lowest BCUT2D eigenvalue weighted by Gasteiger charge is -2.10. The van der Waals surface area contributed by atoms with Crippen LogP contribution in [0.2, 0.25) is 10.0 Å². The van der Waals surface area contributed by atoms with Crippen molar-refractivity contribution in [3.63, 3.8) is 0 Å². The topological polar surface area (TPSA) is 115 Å². The number of aromatic nitrogens is 2. The summed E-state index contributed by atoms with van der Waals surface area (Å²) in [5, 5.41) is 9.34. The van der Waals surface area contributed by atoms with E-state index in [4.69, 9.17) is 28.3 Å². The van der Waals surface area contributed by atoms with Gasteiger partial charge in [0.1, 0.15) is 9.71 Å². The van der Waals surface area contributed by atoms with Crippen LogP contribution < -0.4 is 11.2 Å². The van der Waals surface area contributed by atoms with Crippen LogP contribution in [0.25, 0.3) is 10.2 Å². The molecule has 1 N–H and O–H groups in total. The van der Waals surface area contributed by atoms with E-state index in [2.05, 4.69) is 0 Å². The molecule has 0 amide bonds. The Morgan fingerprint density at radius 2 is 1.89 bits per heavy atom. The van der Waals surface area contributed by atoms with Crippen LogP contribution in [-0.4, -0.2) is 34.4 Å². The Bertz CT molecular complexity index is 1340. The molecule has 1 aromatic carbocycles. The van der Waals surface area contributed by atoms with Gasteiger partial charge >= 0.3 is 11.7 Å². The highest BCUT2D eigenvalue weighted by Gasteiger charge is 2.21. The number of thiophene rings is 1. The van der Waals surface area contributed by atoms with E-state index >= 15 is 0 Å². The Morgan fingerprint density at radius 3 is 2.50 bits per heavy atom. The molecule has 3 aromatic rings. The third kappa shape index (κ3) is 3.60. The number of hydrogen-bond donors (Lipinski definition) is 1. The summed E-state index contributed by atoms with van der Waals surface area (Å²) in [7, 11) is -2.52. The maximum Gasteiger partial charge on any atom is 0.345 e. The van der Waals surface area contributed by atoms with Crippen LogP contribution >= 0.6 is 34.5 Å². The SMILES string of the molecule is Cn1c(=O)n(CCS(=O)(=O)c2ccc(Cl)cc2Cl)c(=O)c2cc(C(=O)O)sc21. The predicted molar refractivity (Wildman–Crippen MR) is 107 cm³/mol. The summed E-state index contributed by atoms with van der Waals surface area (Å²) in [4.78, 5) is 36.2. The maximum absolute atomic E-state index is 12.6. The predicted octanol–water partition coefficient (Wildman–Crippen LogP) is 2.24. The summed E-state index contributed by atoms with van der Waals surface area (Å²) in [5.74, 6) is -1.77. The summed E-state index contributed by atoms with van der Waals surface area (Å²) in [5.41, 5.74) is -1.49. The molecule has 0 aliphatic rings. The Hall–Kier alpha value is -2.14. The minimum absolute atomic E-state index is 0.0337. The average molecular weight is 463 g/mol. The van der Waals surface area contributed by atoms with Gasteiger partial charge in [-0.05, 0) is 24.3 Å². The van der Waals surface area contributed by atoms with Crippen LogP contribution in [0.15, 0.2) is 38.8 Å². The molecule has 0 atom stereocenters. The van der Waals surface area contributed by atoms with Crippen molar-refractivity contribution in [3.8, 4) is 0 Å². The van der Waals surface area contributed by atoms with Crippen molar-refractivity contribution in [2.45, 2.75) is 11.4 Å². The molecule has 2 aromatic heterocycles. The molecule has 28 heavy (non-hydrogen) atoms. The van der Waals surface area contributed by atoms with Gasteiger partial charge in [-0.15, -0.1) is 11.3 Å². The number of benzene rings is 1. The number of carboxylic acid groups (broad SMARTS) is 1. The second-order valence-corrected chi connectivity index (χ2v) is 9.78. The van der Waals surface area contributed by atoms with E-state index in [0.717, 1.165) is 20.5 Å². The second kappa shape index (κ2) is 7.36. The van der Waals surface area contributed by atoms with E-state index in [0.29, 0.717) is 0 Å². The molecule has 3 rings (SSSR count). The minimum atomic E-state index is -3.90. The molecular weight excluding hydrogens is 451 g/mol. The highest BCUT2D eigenvalue weighted by atomic mass is 35.5. The first kappa shape index (κ1) is 20.6. The largest absolute Gasteiger partial charge is 0.477 e. The number of fused-ring (bicyclic) bond motifs is 1.